The highest BCUT2D eigenvalue weighted by Gasteiger charge is 2.12. The summed E-state index contributed by atoms with van der Waals surface area (Å²) in [6.45, 7) is 0.462. The molecule has 0 saturated carbocycles. The van der Waals surface area contributed by atoms with E-state index >= 15 is 0 Å². The fraction of sp³-hybridized carbons (Fsp3) is 0.316. The second-order valence-electron chi connectivity index (χ2n) is 5.48. The lowest BCUT2D eigenvalue weighted by Crippen LogP contribution is -2.27. The Morgan fingerprint density at radius 1 is 1.00 bits per heavy atom. The summed E-state index contributed by atoms with van der Waals surface area (Å²) in [4.78, 5) is 12.0. The zero-order valence-electron chi connectivity index (χ0n) is 14.7. The number of benzene rings is 2. The maximum atomic E-state index is 12.0. The number of carbonyl (C=O) groups is 1. The van der Waals surface area contributed by atoms with Crippen LogP contribution < -0.4 is 19.5 Å². The van der Waals surface area contributed by atoms with Crippen molar-refractivity contribution in [3.8, 4) is 23.0 Å². The SMILES string of the molecule is COc1ccc(CC(=O)NCCc2cc(O)c(OC)c(OC)c2)cc1. The zero-order chi connectivity index (χ0) is 18.2. The summed E-state index contributed by atoms with van der Waals surface area (Å²) in [5.74, 6) is 1.48. The van der Waals surface area contributed by atoms with Gasteiger partial charge in [-0.2, -0.15) is 0 Å². The van der Waals surface area contributed by atoms with Crippen LogP contribution in [0.4, 0.5) is 0 Å². The van der Waals surface area contributed by atoms with Crippen molar-refractivity contribution >= 4 is 5.91 Å². The number of hydrogen-bond donors (Lipinski definition) is 2. The number of phenols is 1. The van der Waals surface area contributed by atoms with E-state index in [-0.39, 0.29) is 11.7 Å². The lowest BCUT2D eigenvalue weighted by molar-refractivity contribution is -0.120. The molecule has 0 fully saturated rings. The molecule has 0 aromatic heterocycles. The second-order valence-corrected chi connectivity index (χ2v) is 5.48. The van der Waals surface area contributed by atoms with Crippen molar-refractivity contribution in [3.05, 3.63) is 47.5 Å². The third kappa shape index (κ3) is 5.04. The quantitative estimate of drug-likeness (QED) is 0.768. The molecule has 0 aliphatic rings. The van der Waals surface area contributed by atoms with E-state index in [0.717, 1.165) is 16.9 Å². The van der Waals surface area contributed by atoms with Crippen LogP contribution in [0.2, 0.25) is 0 Å². The van der Waals surface area contributed by atoms with Crippen molar-refractivity contribution in [2.45, 2.75) is 12.8 Å². The number of phenolic OH excluding ortho intramolecular Hbond substituents is 1. The maximum absolute atomic E-state index is 12.0. The van der Waals surface area contributed by atoms with Crippen LogP contribution in [-0.4, -0.2) is 38.9 Å². The van der Waals surface area contributed by atoms with Gasteiger partial charge in [0.1, 0.15) is 5.75 Å². The number of aromatic hydroxyl groups is 1. The Morgan fingerprint density at radius 2 is 1.72 bits per heavy atom. The molecule has 6 nitrogen and oxygen atoms in total. The molecule has 1 amide bonds. The minimum absolute atomic E-state index is 0.0152. The van der Waals surface area contributed by atoms with E-state index in [0.29, 0.717) is 30.9 Å². The van der Waals surface area contributed by atoms with Gasteiger partial charge in [0.05, 0.1) is 27.8 Å². The highest BCUT2D eigenvalue weighted by molar-refractivity contribution is 5.78. The zero-order valence-corrected chi connectivity index (χ0v) is 14.7. The van der Waals surface area contributed by atoms with Crippen LogP contribution in [0.3, 0.4) is 0 Å². The van der Waals surface area contributed by atoms with Gasteiger partial charge in [-0.15, -0.1) is 0 Å². The molecule has 0 atom stereocenters. The molecule has 2 rings (SSSR count). The number of methoxy groups -OCH3 is 3. The fourth-order valence-electron chi connectivity index (χ4n) is 2.48. The monoisotopic (exact) mass is 345 g/mol. The Bertz CT molecular complexity index is 712. The maximum Gasteiger partial charge on any atom is 0.224 e. The summed E-state index contributed by atoms with van der Waals surface area (Å²) in [6.07, 6.45) is 0.878. The third-order valence-electron chi connectivity index (χ3n) is 3.78. The van der Waals surface area contributed by atoms with Gasteiger partial charge in [0, 0.05) is 6.54 Å². The summed E-state index contributed by atoms with van der Waals surface area (Å²) >= 11 is 0. The smallest absolute Gasteiger partial charge is 0.224 e. The summed E-state index contributed by atoms with van der Waals surface area (Å²) in [6, 6.07) is 10.8. The Morgan fingerprint density at radius 3 is 2.32 bits per heavy atom. The minimum Gasteiger partial charge on any atom is -0.504 e. The van der Waals surface area contributed by atoms with Gasteiger partial charge in [0.2, 0.25) is 11.7 Å². The molecule has 6 heteroatoms. The second kappa shape index (κ2) is 8.82. The van der Waals surface area contributed by atoms with Crippen LogP contribution in [0.1, 0.15) is 11.1 Å². The number of ether oxygens (including phenoxy) is 3. The molecular weight excluding hydrogens is 322 g/mol. The van der Waals surface area contributed by atoms with E-state index in [2.05, 4.69) is 5.32 Å². The predicted octanol–water partition coefficient (Wildman–Crippen LogP) is 2.32. The van der Waals surface area contributed by atoms with Gasteiger partial charge < -0.3 is 24.6 Å². The van der Waals surface area contributed by atoms with Gasteiger partial charge in [-0.3, -0.25) is 4.79 Å². The minimum atomic E-state index is -0.0603. The molecule has 0 aliphatic heterocycles. The molecule has 134 valence electrons. The molecular formula is C19H23NO5. The highest BCUT2D eigenvalue weighted by Crippen LogP contribution is 2.37. The van der Waals surface area contributed by atoms with Crippen molar-refractivity contribution in [2.24, 2.45) is 0 Å². The normalized spacial score (nSPS) is 10.2. The molecule has 2 N–H and O–H groups in total. The molecule has 0 spiro atoms. The molecule has 0 heterocycles. The van der Waals surface area contributed by atoms with E-state index in [1.165, 1.54) is 14.2 Å². The summed E-state index contributed by atoms with van der Waals surface area (Å²) in [7, 11) is 4.59. The molecule has 0 saturated heterocycles. The van der Waals surface area contributed by atoms with Crippen LogP contribution >= 0.6 is 0 Å². The van der Waals surface area contributed by atoms with Crippen molar-refractivity contribution in [3.63, 3.8) is 0 Å². The van der Waals surface area contributed by atoms with Crippen LogP contribution in [0, 0.1) is 0 Å². The summed E-state index contributed by atoms with van der Waals surface area (Å²) in [5.41, 5.74) is 1.77. The molecule has 25 heavy (non-hydrogen) atoms. The fourth-order valence-corrected chi connectivity index (χ4v) is 2.48. The van der Waals surface area contributed by atoms with E-state index in [9.17, 15) is 9.90 Å². The number of nitrogens with one attached hydrogen (secondary N) is 1. The Kier molecular flexibility index (Phi) is 6.51. The molecule has 2 aromatic rings. The van der Waals surface area contributed by atoms with Crippen LogP contribution in [-0.2, 0) is 17.6 Å². The van der Waals surface area contributed by atoms with Crippen LogP contribution in [0.25, 0.3) is 0 Å². The van der Waals surface area contributed by atoms with Crippen LogP contribution in [0.15, 0.2) is 36.4 Å². The average molecular weight is 345 g/mol. The largest absolute Gasteiger partial charge is 0.504 e. The Balaban J connectivity index is 1.87. The van der Waals surface area contributed by atoms with Gasteiger partial charge >= 0.3 is 0 Å². The molecule has 0 radical (unpaired) electrons. The van der Waals surface area contributed by atoms with Gasteiger partial charge in [0.25, 0.3) is 0 Å². The van der Waals surface area contributed by atoms with Gasteiger partial charge in [0.15, 0.2) is 11.5 Å². The van der Waals surface area contributed by atoms with Crippen molar-refractivity contribution in [2.75, 3.05) is 27.9 Å². The molecule has 2 aromatic carbocycles. The van der Waals surface area contributed by atoms with Crippen molar-refractivity contribution in [1.29, 1.82) is 0 Å². The third-order valence-corrected chi connectivity index (χ3v) is 3.78. The van der Waals surface area contributed by atoms with E-state index in [1.807, 2.05) is 24.3 Å². The first-order chi connectivity index (χ1) is 12.1. The van der Waals surface area contributed by atoms with E-state index in [1.54, 1.807) is 19.2 Å². The predicted molar refractivity (Wildman–Crippen MR) is 94.6 cm³/mol. The Labute approximate surface area is 147 Å². The molecule has 0 aliphatic carbocycles. The van der Waals surface area contributed by atoms with Crippen molar-refractivity contribution in [1.82, 2.24) is 5.32 Å². The lowest BCUT2D eigenvalue weighted by Gasteiger charge is -2.12. The topological polar surface area (TPSA) is 77.0 Å². The first-order valence-corrected chi connectivity index (χ1v) is 7.91. The number of rotatable bonds is 8. The summed E-state index contributed by atoms with van der Waals surface area (Å²) in [5, 5.41) is 12.8. The number of carbonyl (C=O) groups excluding carboxylic acids is 1. The Hall–Kier alpha value is -2.89. The molecule has 0 unspecified atom stereocenters. The lowest BCUT2D eigenvalue weighted by atomic mass is 10.1. The van der Waals surface area contributed by atoms with Gasteiger partial charge in [-0.25, -0.2) is 0 Å². The van der Waals surface area contributed by atoms with E-state index in [4.69, 9.17) is 14.2 Å². The number of amides is 1. The van der Waals surface area contributed by atoms with Gasteiger partial charge in [-0.1, -0.05) is 12.1 Å². The first-order valence-electron chi connectivity index (χ1n) is 7.91. The van der Waals surface area contributed by atoms with Crippen molar-refractivity contribution < 1.29 is 24.1 Å². The number of hydrogen-bond acceptors (Lipinski definition) is 5. The molecule has 0 bridgehead atoms. The van der Waals surface area contributed by atoms with Crippen LogP contribution in [0.5, 0.6) is 23.0 Å². The standard InChI is InChI=1S/C19H23NO5/c1-23-15-6-4-13(5-7-15)12-18(22)20-9-8-14-10-16(21)19(25-3)17(11-14)24-2/h4-7,10-11,21H,8-9,12H2,1-3H3,(H,20,22). The highest BCUT2D eigenvalue weighted by atomic mass is 16.5. The van der Waals surface area contributed by atoms with E-state index < -0.39 is 0 Å². The average Bonchev–Trinajstić information content (AvgIpc) is 2.61. The van der Waals surface area contributed by atoms with Gasteiger partial charge in [-0.05, 0) is 41.8 Å². The summed E-state index contributed by atoms with van der Waals surface area (Å²) < 4.78 is 15.4. The first kappa shape index (κ1) is 18.4.